The minimum absolute atomic E-state index is 0. The molecule has 0 fully saturated rings. The first-order valence-electron chi connectivity index (χ1n) is 8.62. The Morgan fingerprint density at radius 1 is 0.567 bits per heavy atom. The third-order valence-electron chi connectivity index (χ3n) is 4.82. The van der Waals surface area contributed by atoms with Gasteiger partial charge in [0.1, 0.15) is 9.79 Å². The van der Waals surface area contributed by atoms with Gasteiger partial charge in [0, 0.05) is 17.2 Å². The van der Waals surface area contributed by atoms with Crippen molar-refractivity contribution in [2.24, 2.45) is 0 Å². The molecule has 0 heterocycles. The Kier molecular flexibility index (Phi) is 6.41. The Bertz CT molecular complexity index is 1370. The van der Waals surface area contributed by atoms with Gasteiger partial charge in [0.25, 0.3) is 20.2 Å². The van der Waals surface area contributed by atoms with Crippen molar-refractivity contribution >= 4 is 41.8 Å². The van der Waals surface area contributed by atoms with Crippen LogP contribution < -0.4 is 29.6 Å². The first kappa shape index (κ1) is 22.9. The fraction of sp³-hybridized carbons (Fsp3) is 0.0476. The predicted octanol–water partition coefficient (Wildman–Crippen LogP) is 1.08. The van der Waals surface area contributed by atoms with E-state index >= 15 is 0 Å². The molecule has 0 aliphatic rings. The molecule has 0 saturated heterocycles. The summed E-state index contributed by atoms with van der Waals surface area (Å²) in [5.74, 6) is 0. The molecule has 0 aliphatic heterocycles. The monoisotopic (exact) mass is 451 g/mol. The quantitative estimate of drug-likeness (QED) is 0.355. The smallest absolute Gasteiger partial charge is 0.282 e. The summed E-state index contributed by atoms with van der Waals surface area (Å²) in [6.07, 6.45) is -0.111. The third-order valence-corrected chi connectivity index (χ3v) is 6.82. The van der Waals surface area contributed by atoms with E-state index in [4.69, 9.17) is 0 Å². The second-order valence-corrected chi connectivity index (χ2v) is 9.39. The molecule has 148 valence electrons. The van der Waals surface area contributed by atoms with Gasteiger partial charge in [0.15, 0.2) is 0 Å². The first-order chi connectivity index (χ1) is 13.7. The molecule has 4 rings (SSSR count). The molecule has 0 amide bonds. The zero-order valence-electron chi connectivity index (χ0n) is 16.0. The SMILES string of the molecule is O=S(=O)(O)c1c(Cc2ccc3ccccc3c2S(=O)(=O)O)ccc2ccccc12.[Na+]. The summed E-state index contributed by atoms with van der Waals surface area (Å²) < 4.78 is 68.3. The number of rotatable bonds is 4. The number of benzene rings is 4. The van der Waals surface area contributed by atoms with Crippen LogP contribution in [0.25, 0.3) is 21.5 Å². The largest absolute Gasteiger partial charge is 1.00 e. The molecule has 0 radical (unpaired) electrons. The van der Waals surface area contributed by atoms with Crippen LogP contribution in [0.15, 0.2) is 82.6 Å². The Morgan fingerprint density at radius 3 is 1.30 bits per heavy atom. The molecule has 6 nitrogen and oxygen atoms in total. The molecule has 9 heteroatoms. The number of hydrogen-bond donors (Lipinski definition) is 2. The van der Waals surface area contributed by atoms with Gasteiger partial charge < -0.3 is 0 Å². The molecular formula is C21H16NaO6S2+. The molecule has 0 unspecified atom stereocenters. The summed E-state index contributed by atoms with van der Waals surface area (Å²) in [7, 11) is -9.17. The zero-order valence-corrected chi connectivity index (χ0v) is 19.6. The predicted molar refractivity (Wildman–Crippen MR) is 110 cm³/mol. The van der Waals surface area contributed by atoms with Crippen molar-refractivity contribution in [2.45, 2.75) is 16.2 Å². The summed E-state index contributed by atoms with van der Waals surface area (Å²) in [6, 6.07) is 19.9. The normalized spacial score (nSPS) is 12.1. The van der Waals surface area contributed by atoms with Crippen LogP contribution in [0.2, 0.25) is 0 Å². The van der Waals surface area contributed by atoms with Gasteiger partial charge in [-0.2, -0.15) is 16.8 Å². The molecular weight excluding hydrogens is 435 g/mol. The molecule has 0 spiro atoms. The van der Waals surface area contributed by atoms with Gasteiger partial charge in [-0.3, -0.25) is 9.11 Å². The van der Waals surface area contributed by atoms with Crippen LogP contribution in [0.5, 0.6) is 0 Å². The molecule has 4 aromatic carbocycles. The fourth-order valence-electron chi connectivity index (χ4n) is 3.67. The van der Waals surface area contributed by atoms with E-state index in [1.165, 1.54) is 12.1 Å². The van der Waals surface area contributed by atoms with Crippen molar-refractivity contribution in [3.05, 3.63) is 83.9 Å². The number of fused-ring (bicyclic) bond motifs is 2. The van der Waals surface area contributed by atoms with E-state index in [9.17, 15) is 25.9 Å². The van der Waals surface area contributed by atoms with Gasteiger partial charge in [-0.1, -0.05) is 72.8 Å². The average molecular weight is 451 g/mol. The Hall–Kier alpha value is -1.78. The van der Waals surface area contributed by atoms with Gasteiger partial charge in [0.2, 0.25) is 0 Å². The average Bonchev–Trinajstić information content (AvgIpc) is 2.65. The van der Waals surface area contributed by atoms with Crippen LogP contribution in [0.3, 0.4) is 0 Å². The Morgan fingerprint density at radius 2 is 0.933 bits per heavy atom. The topological polar surface area (TPSA) is 109 Å². The molecule has 0 aromatic heterocycles. The summed E-state index contributed by atoms with van der Waals surface area (Å²) in [5.41, 5.74) is 0.456. The molecule has 30 heavy (non-hydrogen) atoms. The van der Waals surface area contributed by atoms with E-state index in [1.807, 2.05) is 0 Å². The fourth-order valence-corrected chi connectivity index (χ4v) is 5.54. The summed E-state index contributed by atoms with van der Waals surface area (Å²) in [4.78, 5) is -0.546. The second kappa shape index (κ2) is 8.39. The van der Waals surface area contributed by atoms with Crippen molar-refractivity contribution in [1.29, 1.82) is 0 Å². The maximum absolute atomic E-state index is 12.1. The van der Waals surface area contributed by atoms with E-state index in [0.29, 0.717) is 21.5 Å². The van der Waals surface area contributed by atoms with Crippen LogP contribution in [0, 0.1) is 0 Å². The third kappa shape index (κ3) is 4.31. The van der Waals surface area contributed by atoms with Gasteiger partial charge in [-0.05, 0) is 21.9 Å². The van der Waals surface area contributed by atoms with E-state index in [-0.39, 0.29) is 56.9 Å². The Balaban J connectivity index is 0.00000256. The van der Waals surface area contributed by atoms with E-state index in [2.05, 4.69) is 0 Å². The maximum atomic E-state index is 12.1. The first-order valence-corrected chi connectivity index (χ1v) is 11.5. The zero-order chi connectivity index (χ0) is 20.8. The minimum atomic E-state index is -4.58. The van der Waals surface area contributed by atoms with Crippen LogP contribution in [-0.4, -0.2) is 25.9 Å². The van der Waals surface area contributed by atoms with Crippen molar-refractivity contribution in [2.75, 3.05) is 0 Å². The maximum Gasteiger partial charge on any atom is 1.00 e. The summed E-state index contributed by atoms with van der Waals surface area (Å²) in [6.45, 7) is 0. The molecule has 0 atom stereocenters. The van der Waals surface area contributed by atoms with Crippen molar-refractivity contribution in [3.8, 4) is 0 Å². The molecule has 0 saturated carbocycles. The molecule has 2 N–H and O–H groups in total. The van der Waals surface area contributed by atoms with Crippen molar-refractivity contribution in [3.63, 3.8) is 0 Å². The van der Waals surface area contributed by atoms with Gasteiger partial charge >= 0.3 is 29.6 Å². The van der Waals surface area contributed by atoms with Crippen molar-refractivity contribution in [1.82, 2.24) is 0 Å². The van der Waals surface area contributed by atoms with Gasteiger partial charge in [-0.15, -0.1) is 0 Å². The van der Waals surface area contributed by atoms with Crippen LogP contribution >= 0.6 is 0 Å². The standard InChI is InChI=1S/C21H16O6S2.Na/c22-28(23,24)20-16(11-9-14-5-1-3-7-18(14)20)13-17-12-10-15-6-2-4-8-19(15)21(17)29(25,26)27;/h1-12H,13H2,(H,22,23,24)(H,25,26,27);/q;+1. The van der Waals surface area contributed by atoms with Gasteiger partial charge in [-0.25, -0.2) is 0 Å². The second-order valence-electron chi connectivity index (χ2n) is 6.68. The van der Waals surface area contributed by atoms with Crippen LogP contribution in [-0.2, 0) is 26.7 Å². The van der Waals surface area contributed by atoms with E-state index in [1.54, 1.807) is 60.7 Å². The van der Waals surface area contributed by atoms with Crippen molar-refractivity contribution < 1.29 is 55.5 Å². The van der Waals surface area contributed by atoms with E-state index in [0.717, 1.165) is 0 Å². The Labute approximate surface area is 196 Å². The number of hydrogen-bond acceptors (Lipinski definition) is 4. The summed E-state index contributed by atoms with van der Waals surface area (Å²) in [5, 5.41) is 1.91. The minimum Gasteiger partial charge on any atom is -0.282 e. The molecule has 4 aromatic rings. The molecule has 0 bridgehead atoms. The van der Waals surface area contributed by atoms with Crippen LogP contribution in [0.4, 0.5) is 0 Å². The van der Waals surface area contributed by atoms with Crippen LogP contribution in [0.1, 0.15) is 11.1 Å². The summed E-state index contributed by atoms with van der Waals surface area (Å²) >= 11 is 0. The van der Waals surface area contributed by atoms with E-state index < -0.39 is 20.2 Å². The van der Waals surface area contributed by atoms with Gasteiger partial charge in [0.05, 0.1) is 0 Å². The molecule has 0 aliphatic carbocycles.